The van der Waals surface area contributed by atoms with E-state index in [0.717, 1.165) is 40.0 Å². The second-order valence-corrected chi connectivity index (χ2v) is 6.48. The van der Waals surface area contributed by atoms with Crippen LogP contribution in [0.4, 0.5) is 0 Å². The van der Waals surface area contributed by atoms with Gasteiger partial charge in [0.2, 0.25) is 6.79 Å². The summed E-state index contributed by atoms with van der Waals surface area (Å²) >= 11 is 0. The van der Waals surface area contributed by atoms with Crippen LogP contribution in [0.15, 0.2) is 53.8 Å². The van der Waals surface area contributed by atoms with E-state index in [4.69, 9.17) is 9.47 Å². The van der Waals surface area contributed by atoms with E-state index < -0.39 is 0 Å². The third-order valence-electron chi connectivity index (χ3n) is 4.50. The lowest BCUT2D eigenvalue weighted by Crippen LogP contribution is -2.38. The molecule has 2 N–H and O–H groups in total. The van der Waals surface area contributed by atoms with E-state index in [9.17, 15) is 0 Å². The molecule has 0 saturated heterocycles. The Kier molecular flexibility index (Phi) is 5.09. The molecule has 2 aromatic carbocycles. The van der Waals surface area contributed by atoms with Crippen LogP contribution in [0.5, 0.6) is 11.5 Å². The van der Waals surface area contributed by atoms with Crippen LogP contribution in [0.1, 0.15) is 11.1 Å². The first-order valence-corrected chi connectivity index (χ1v) is 8.98. The molecular weight excluding hydrogens is 356 g/mol. The smallest absolute Gasteiger partial charge is 0.231 e. The Hall–Kier alpha value is -3.55. The number of H-pyrrole nitrogens is 1. The first kappa shape index (κ1) is 17.8. The van der Waals surface area contributed by atoms with Crippen molar-refractivity contribution in [3.8, 4) is 22.9 Å². The molecule has 0 bridgehead atoms. The lowest BCUT2D eigenvalue weighted by molar-refractivity contribution is 0.174. The van der Waals surface area contributed by atoms with Gasteiger partial charge in [0, 0.05) is 32.7 Å². The highest BCUT2D eigenvalue weighted by molar-refractivity contribution is 5.79. The van der Waals surface area contributed by atoms with Crippen LogP contribution < -0.4 is 14.8 Å². The van der Waals surface area contributed by atoms with Crippen LogP contribution in [0, 0.1) is 0 Å². The van der Waals surface area contributed by atoms with Crippen molar-refractivity contribution in [1.29, 1.82) is 0 Å². The minimum absolute atomic E-state index is 0.283. The lowest BCUT2D eigenvalue weighted by Gasteiger charge is -2.22. The van der Waals surface area contributed by atoms with Crippen LogP contribution in [0.2, 0.25) is 0 Å². The maximum Gasteiger partial charge on any atom is 0.231 e. The third-order valence-corrected chi connectivity index (χ3v) is 4.50. The van der Waals surface area contributed by atoms with Gasteiger partial charge in [0.25, 0.3) is 0 Å². The second kappa shape index (κ2) is 7.99. The Bertz CT molecular complexity index is 971. The third kappa shape index (κ3) is 3.90. The molecular formula is C20H22N6O2. The van der Waals surface area contributed by atoms with Gasteiger partial charge in [0.15, 0.2) is 23.3 Å². The highest BCUT2D eigenvalue weighted by Gasteiger charge is 2.14. The number of fused-ring (bicyclic) bond motifs is 1. The van der Waals surface area contributed by atoms with Crippen LogP contribution in [-0.4, -0.2) is 46.9 Å². The fourth-order valence-electron chi connectivity index (χ4n) is 3.13. The molecule has 1 aromatic heterocycles. The largest absolute Gasteiger partial charge is 0.454 e. The van der Waals surface area contributed by atoms with Crippen molar-refractivity contribution in [2.24, 2.45) is 4.99 Å². The van der Waals surface area contributed by atoms with E-state index in [0.29, 0.717) is 13.1 Å². The minimum Gasteiger partial charge on any atom is -0.454 e. The standard InChI is InChI=1S/C20H22N6O2/c1-21-20(26(2)11-15-6-7-17-18(9-15)28-13-27-17)22-10-14-4-3-5-16(8-14)19-23-12-24-25-19/h3-9,12H,10-11,13H2,1-2H3,(H,21,22)(H,23,24,25). The number of guanidine groups is 1. The van der Waals surface area contributed by atoms with E-state index in [1.165, 1.54) is 6.33 Å². The molecule has 0 unspecified atom stereocenters. The SMILES string of the molecule is CN=C(NCc1cccc(-c2ncn[nH]2)c1)N(C)Cc1ccc2c(c1)OCO2. The van der Waals surface area contributed by atoms with Crippen molar-refractivity contribution >= 4 is 5.96 Å². The Morgan fingerprint density at radius 1 is 1.18 bits per heavy atom. The monoisotopic (exact) mass is 378 g/mol. The number of aliphatic imine (C=N–C) groups is 1. The Morgan fingerprint density at radius 3 is 2.89 bits per heavy atom. The Morgan fingerprint density at radius 2 is 2.07 bits per heavy atom. The predicted molar refractivity (Wildman–Crippen MR) is 106 cm³/mol. The fourth-order valence-corrected chi connectivity index (χ4v) is 3.13. The molecule has 1 aliphatic rings. The number of ether oxygens (including phenoxy) is 2. The van der Waals surface area contributed by atoms with Crippen LogP contribution in [-0.2, 0) is 13.1 Å². The lowest BCUT2D eigenvalue weighted by atomic mass is 10.1. The van der Waals surface area contributed by atoms with E-state index in [2.05, 4.69) is 42.5 Å². The molecule has 0 amide bonds. The van der Waals surface area contributed by atoms with Gasteiger partial charge in [-0.25, -0.2) is 4.98 Å². The molecule has 8 nitrogen and oxygen atoms in total. The molecule has 0 spiro atoms. The first-order chi connectivity index (χ1) is 13.7. The predicted octanol–water partition coefficient (Wildman–Crippen LogP) is 2.41. The summed E-state index contributed by atoms with van der Waals surface area (Å²) in [5.74, 6) is 3.15. The number of hydrogen-bond donors (Lipinski definition) is 2. The first-order valence-electron chi connectivity index (χ1n) is 8.98. The van der Waals surface area contributed by atoms with Gasteiger partial charge in [-0.1, -0.05) is 24.3 Å². The number of aromatic nitrogens is 3. The zero-order valence-corrected chi connectivity index (χ0v) is 15.8. The van der Waals surface area contributed by atoms with E-state index >= 15 is 0 Å². The highest BCUT2D eigenvalue weighted by Crippen LogP contribution is 2.32. The number of nitrogens with zero attached hydrogens (tertiary/aromatic N) is 4. The number of rotatable bonds is 5. The summed E-state index contributed by atoms with van der Waals surface area (Å²) in [5, 5.41) is 10.2. The topological polar surface area (TPSA) is 87.7 Å². The van der Waals surface area contributed by atoms with Crippen molar-refractivity contribution in [1.82, 2.24) is 25.4 Å². The Balaban J connectivity index is 1.39. The molecule has 0 radical (unpaired) electrons. The quantitative estimate of drug-likeness (QED) is 0.524. The number of benzene rings is 2. The molecule has 0 saturated carbocycles. The molecule has 4 rings (SSSR count). The van der Waals surface area contributed by atoms with E-state index in [1.54, 1.807) is 7.05 Å². The average Bonchev–Trinajstić information content (AvgIpc) is 3.40. The zero-order chi connectivity index (χ0) is 19.3. The molecule has 28 heavy (non-hydrogen) atoms. The van der Waals surface area contributed by atoms with Crippen molar-refractivity contribution in [3.05, 3.63) is 59.9 Å². The maximum absolute atomic E-state index is 5.46. The summed E-state index contributed by atoms with van der Waals surface area (Å²) in [6.07, 6.45) is 1.51. The summed E-state index contributed by atoms with van der Waals surface area (Å²) < 4.78 is 10.8. The molecule has 144 valence electrons. The van der Waals surface area contributed by atoms with Gasteiger partial charge in [0.1, 0.15) is 6.33 Å². The van der Waals surface area contributed by atoms with E-state index in [1.807, 2.05) is 37.4 Å². The summed E-state index contributed by atoms with van der Waals surface area (Å²) in [4.78, 5) is 10.7. The molecule has 2 heterocycles. The number of nitrogens with one attached hydrogen (secondary N) is 2. The molecule has 8 heteroatoms. The Labute approximate surface area is 163 Å². The molecule has 0 aliphatic carbocycles. The normalized spacial score (nSPS) is 12.9. The highest BCUT2D eigenvalue weighted by atomic mass is 16.7. The van der Waals surface area contributed by atoms with Crippen molar-refractivity contribution < 1.29 is 9.47 Å². The van der Waals surface area contributed by atoms with Gasteiger partial charge < -0.3 is 19.7 Å². The minimum atomic E-state index is 0.283. The van der Waals surface area contributed by atoms with E-state index in [-0.39, 0.29) is 6.79 Å². The second-order valence-electron chi connectivity index (χ2n) is 6.48. The van der Waals surface area contributed by atoms with Crippen LogP contribution in [0.3, 0.4) is 0 Å². The van der Waals surface area contributed by atoms with Gasteiger partial charge in [-0.15, -0.1) is 0 Å². The summed E-state index contributed by atoms with van der Waals surface area (Å²) in [6.45, 7) is 1.64. The van der Waals surface area contributed by atoms with Gasteiger partial charge >= 0.3 is 0 Å². The zero-order valence-electron chi connectivity index (χ0n) is 15.8. The molecule has 1 aliphatic heterocycles. The summed E-state index contributed by atoms with van der Waals surface area (Å²) in [7, 11) is 3.79. The van der Waals surface area contributed by atoms with Gasteiger partial charge in [-0.2, -0.15) is 5.10 Å². The van der Waals surface area contributed by atoms with Crippen molar-refractivity contribution in [3.63, 3.8) is 0 Å². The number of aromatic amines is 1. The average molecular weight is 378 g/mol. The fraction of sp³-hybridized carbons (Fsp3) is 0.250. The summed E-state index contributed by atoms with van der Waals surface area (Å²) in [6, 6.07) is 14.1. The molecule has 3 aromatic rings. The van der Waals surface area contributed by atoms with Crippen molar-refractivity contribution in [2.75, 3.05) is 20.9 Å². The van der Waals surface area contributed by atoms with Crippen molar-refractivity contribution in [2.45, 2.75) is 13.1 Å². The van der Waals surface area contributed by atoms with Gasteiger partial charge in [-0.05, 0) is 29.3 Å². The van der Waals surface area contributed by atoms with Crippen LogP contribution >= 0.6 is 0 Å². The molecule has 0 fully saturated rings. The molecule has 0 atom stereocenters. The van der Waals surface area contributed by atoms with Crippen LogP contribution in [0.25, 0.3) is 11.4 Å². The summed E-state index contributed by atoms with van der Waals surface area (Å²) in [5.41, 5.74) is 3.26. The maximum atomic E-state index is 5.46. The van der Waals surface area contributed by atoms with Gasteiger partial charge in [-0.3, -0.25) is 10.1 Å². The number of hydrogen-bond acceptors (Lipinski definition) is 5. The van der Waals surface area contributed by atoms with Gasteiger partial charge in [0.05, 0.1) is 0 Å².